The molecule has 5 heteroatoms. The lowest BCUT2D eigenvalue weighted by atomic mass is 10.0. The zero-order chi connectivity index (χ0) is 14.7. The molecule has 1 atom stereocenters. The van der Waals surface area contributed by atoms with Crippen molar-refractivity contribution >= 4 is 5.91 Å². The fraction of sp³-hybridized carbons (Fsp3) is 0.312. The second kappa shape index (κ2) is 6.01. The Morgan fingerprint density at radius 3 is 2.90 bits per heavy atom. The Hall–Kier alpha value is -2.27. The zero-order valence-corrected chi connectivity index (χ0v) is 12.0. The van der Waals surface area contributed by atoms with E-state index in [0.717, 1.165) is 24.4 Å². The number of carbonyl (C=O) groups excluding carboxylic acids is 1. The molecule has 1 aromatic heterocycles. The molecule has 1 saturated heterocycles. The highest BCUT2D eigenvalue weighted by Gasteiger charge is 2.30. The van der Waals surface area contributed by atoms with E-state index in [1.807, 2.05) is 41.3 Å². The predicted molar refractivity (Wildman–Crippen MR) is 80.4 cm³/mol. The van der Waals surface area contributed by atoms with Gasteiger partial charge in [-0.15, -0.1) is 0 Å². The van der Waals surface area contributed by atoms with Crippen LogP contribution in [0.15, 0.2) is 42.6 Å². The number of H-pyrrole nitrogens is 1. The second-order valence-electron chi connectivity index (χ2n) is 5.04. The quantitative estimate of drug-likeness (QED) is 0.904. The van der Waals surface area contributed by atoms with Crippen molar-refractivity contribution in [2.45, 2.75) is 6.04 Å². The van der Waals surface area contributed by atoms with Crippen molar-refractivity contribution in [3.63, 3.8) is 0 Å². The number of hydrogen-bond donors (Lipinski definition) is 2. The highest BCUT2D eigenvalue weighted by molar-refractivity contribution is 5.92. The maximum absolute atomic E-state index is 12.7. The van der Waals surface area contributed by atoms with Gasteiger partial charge in [0.05, 0.1) is 13.2 Å². The lowest BCUT2D eigenvalue weighted by Gasteiger charge is -2.36. The predicted octanol–water partition coefficient (Wildman–Crippen LogP) is 1.81. The van der Waals surface area contributed by atoms with Crippen molar-refractivity contribution in [3.8, 4) is 5.75 Å². The van der Waals surface area contributed by atoms with Crippen molar-refractivity contribution in [1.29, 1.82) is 0 Å². The number of aromatic amines is 1. The highest BCUT2D eigenvalue weighted by atomic mass is 16.5. The van der Waals surface area contributed by atoms with Gasteiger partial charge in [0.2, 0.25) is 0 Å². The van der Waals surface area contributed by atoms with Gasteiger partial charge in [-0.1, -0.05) is 18.2 Å². The van der Waals surface area contributed by atoms with E-state index in [1.54, 1.807) is 13.3 Å². The normalized spacial score (nSPS) is 18.5. The molecule has 1 unspecified atom stereocenters. The summed E-state index contributed by atoms with van der Waals surface area (Å²) in [6, 6.07) is 11.5. The molecule has 0 radical (unpaired) electrons. The van der Waals surface area contributed by atoms with Crippen LogP contribution in [0.2, 0.25) is 0 Å². The van der Waals surface area contributed by atoms with Crippen molar-refractivity contribution in [2.75, 3.05) is 26.7 Å². The Balaban J connectivity index is 1.93. The number of amides is 1. The first-order valence-electron chi connectivity index (χ1n) is 7.09. The second-order valence-corrected chi connectivity index (χ2v) is 5.04. The molecule has 0 aliphatic carbocycles. The highest BCUT2D eigenvalue weighted by Crippen LogP contribution is 2.30. The number of benzene rings is 1. The van der Waals surface area contributed by atoms with Gasteiger partial charge in [-0.3, -0.25) is 4.79 Å². The van der Waals surface area contributed by atoms with Crippen LogP contribution >= 0.6 is 0 Å². The van der Waals surface area contributed by atoms with Gasteiger partial charge in [0.15, 0.2) is 0 Å². The summed E-state index contributed by atoms with van der Waals surface area (Å²) in [5.74, 6) is 0.841. The number of para-hydroxylation sites is 1. The van der Waals surface area contributed by atoms with Crippen molar-refractivity contribution in [3.05, 3.63) is 53.9 Å². The molecule has 21 heavy (non-hydrogen) atoms. The van der Waals surface area contributed by atoms with Crippen LogP contribution in [0.25, 0.3) is 0 Å². The van der Waals surface area contributed by atoms with Crippen LogP contribution in [-0.4, -0.2) is 42.5 Å². The first-order valence-corrected chi connectivity index (χ1v) is 7.09. The lowest BCUT2D eigenvalue weighted by molar-refractivity contribution is 0.0626. The maximum atomic E-state index is 12.7. The third-order valence-electron chi connectivity index (χ3n) is 3.83. The SMILES string of the molecule is COc1ccccc1C1CNCCN1C(=O)c1ccc[nH]1. The smallest absolute Gasteiger partial charge is 0.270 e. The van der Waals surface area contributed by atoms with Crippen LogP contribution in [-0.2, 0) is 0 Å². The minimum Gasteiger partial charge on any atom is -0.496 e. The summed E-state index contributed by atoms with van der Waals surface area (Å²) in [4.78, 5) is 17.6. The minimum atomic E-state index is -0.0225. The molecule has 2 heterocycles. The molecular formula is C16H19N3O2. The molecule has 1 aliphatic heterocycles. The van der Waals surface area contributed by atoms with Crippen LogP contribution in [0.3, 0.4) is 0 Å². The molecule has 0 spiro atoms. The van der Waals surface area contributed by atoms with Gasteiger partial charge in [0.25, 0.3) is 5.91 Å². The fourth-order valence-corrected chi connectivity index (χ4v) is 2.79. The molecule has 5 nitrogen and oxygen atoms in total. The van der Waals surface area contributed by atoms with Gasteiger partial charge < -0.3 is 19.9 Å². The number of ether oxygens (including phenoxy) is 1. The molecule has 1 aromatic carbocycles. The summed E-state index contributed by atoms with van der Waals surface area (Å²) in [6.45, 7) is 2.21. The maximum Gasteiger partial charge on any atom is 0.270 e. The minimum absolute atomic E-state index is 0.0225. The number of aromatic nitrogens is 1. The Morgan fingerprint density at radius 2 is 2.14 bits per heavy atom. The molecule has 2 aromatic rings. The van der Waals surface area contributed by atoms with Gasteiger partial charge >= 0.3 is 0 Å². The third kappa shape index (κ3) is 2.64. The summed E-state index contributed by atoms with van der Waals surface area (Å²) < 4.78 is 5.44. The topological polar surface area (TPSA) is 57.4 Å². The largest absolute Gasteiger partial charge is 0.496 e. The van der Waals surface area contributed by atoms with Gasteiger partial charge in [-0.2, -0.15) is 0 Å². The molecule has 3 rings (SSSR count). The average Bonchev–Trinajstić information content (AvgIpc) is 3.08. The van der Waals surface area contributed by atoms with Crippen LogP contribution in [0.5, 0.6) is 5.75 Å². The number of rotatable bonds is 3. The molecule has 2 N–H and O–H groups in total. The number of piperazine rings is 1. The van der Waals surface area contributed by atoms with Crippen LogP contribution in [0, 0.1) is 0 Å². The molecule has 110 valence electrons. The zero-order valence-electron chi connectivity index (χ0n) is 12.0. The molecular weight excluding hydrogens is 266 g/mol. The molecule has 1 aliphatic rings. The fourth-order valence-electron chi connectivity index (χ4n) is 2.79. The summed E-state index contributed by atoms with van der Waals surface area (Å²) in [5.41, 5.74) is 1.66. The van der Waals surface area contributed by atoms with E-state index in [4.69, 9.17) is 4.74 Å². The number of carbonyl (C=O) groups is 1. The van der Waals surface area contributed by atoms with E-state index in [0.29, 0.717) is 12.2 Å². The first-order chi connectivity index (χ1) is 10.3. The average molecular weight is 285 g/mol. The van der Waals surface area contributed by atoms with Crippen LogP contribution in [0.4, 0.5) is 0 Å². The van der Waals surface area contributed by atoms with Gasteiger partial charge in [0, 0.05) is 31.4 Å². The summed E-state index contributed by atoms with van der Waals surface area (Å²) in [7, 11) is 1.66. The van der Waals surface area contributed by atoms with E-state index in [2.05, 4.69) is 10.3 Å². The number of nitrogens with zero attached hydrogens (tertiary/aromatic N) is 1. The molecule has 0 saturated carbocycles. The number of methoxy groups -OCH3 is 1. The van der Waals surface area contributed by atoms with E-state index in [-0.39, 0.29) is 11.9 Å². The van der Waals surface area contributed by atoms with Gasteiger partial charge in [-0.05, 0) is 18.2 Å². The van der Waals surface area contributed by atoms with Crippen molar-refractivity contribution < 1.29 is 9.53 Å². The van der Waals surface area contributed by atoms with E-state index in [1.165, 1.54) is 0 Å². The van der Waals surface area contributed by atoms with Crippen molar-refractivity contribution in [2.24, 2.45) is 0 Å². The van der Waals surface area contributed by atoms with E-state index in [9.17, 15) is 4.79 Å². The number of nitrogens with one attached hydrogen (secondary N) is 2. The molecule has 1 fully saturated rings. The Kier molecular flexibility index (Phi) is 3.92. The molecule has 1 amide bonds. The van der Waals surface area contributed by atoms with Crippen LogP contribution < -0.4 is 10.1 Å². The number of hydrogen-bond acceptors (Lipinski definition) is 3. The summed E-state index contributed by atoms with van der Waals surface area (Å²) in [6.07, 6.45) is 1.77. The van der Waals surface area contributed by atoms with Crippen molar-refractivity contribution in [1.82, 2.24) is 15.2 Å². The summed E-state index contributed by atoms with van der Waals surface area (Å²) in [5, 5.41) is 3.36. The van der Waals surface area contributed by atoms with E-state index < -0.39 is 0 Å². The Morgan fingerprint density at radius 1 is 1.29 bits per heavy atom. The Bertz CT molecular complexity index is 610. The monoisotopic (exact) mass is 285 g/mol. The van der Waals surface area contributed by atoms with Gasteiger partial charge in [-0.25, -0.2) is 0 Å². The Labute approximate surface area is 123 Å². The lowest BCUT2D eigenvalue weighted by Crippen LogP contribution is -2.48. The third-order valence-corrected chi connectivity index (χ3v) is 3.83. The van der Waals surface area contributed by atoms with Crippen LogP contribution in [0.1, 0.15) is 22.1 Å². The molecule has 0 bridgehead atoms. The standard InChI is InChI=1S/C16H19N3O2/c1-21-15-7-3-2-5-12(15)14-11-17-9-10-19(14)16(20)13-6-4-8-18-13/h2-8,14,17-18H,9-11H2,1H3. The van der Waals surface area contributed by atoms with E-state index >= 15 is 0 Å². The summed E-state index contributed by atoms with van der Waals surface area (Å²) >= 11 is 0. The van der Waals surface area contributed by atoms with Gasteiger partial charge in [0.1, 0.15) is 11.4 Å². The first kappa shape index (κ1) is 13.7.